The first-order valence-corrected chi connectivity index (χ1v) is 5.02. The predicted molar refractivity (Wildman–Crippen MR) is 60.2 cm³/mol. The quantitative estimate of drug-likeness (QED) is 0.768. The summed E-state index contributed by atoms with van der Waals surface area (Å²) in [4.78, 5) is 12.0. The average molecular weight is 207 g/mol. The van der Waals surface area contributed by atoms with Crippen LogP contribution in [0.5, 0.6) is 5.75 Å². The van der Waals surface area contributed by atoms with E-state index in [1.807, 2.05) is 19.1 Å². The number of Topliss-reactive ketones (excluding diaryl/α,β-unsaturated/α-hetero) is 1. The molecule has 1 rings (SSSR count). The standard InChI is InChI=1S/C12H17NO2/c1-4-15-10-8-6-5-7-9(10)11(14)12(2,3)13/h5-8H,4,13H2,1-3H3. The molecule has 0 heterocycles. The van der Waals surface area contributed by atoms with Gasteiger partial charge in [0.2, 0.25) is 0 Å². The van der Waals surface area contributed by atoms with E-state index in [1.165, 1.54) is 0 Å². The van der Waals surface area contributed by atoms with Crippen LogP contribution in [0.15, 0.2) is 24.3 Å². The SMILES string of the molecule is CCOc1ccccc1C(=O)C(C)(C)N. The first-order chi connectivity index (χ1) is 6.96. The second kappa shape index (κ2) is 4.45. The highest BCUT2D eigenvalue weighted by atomic mass is 16.5. The van der Waals surface area contributed by atoms with Gasteiger partial charge in [-0.3, -0.25) is 4.79 Å². The Morgan fingerprint density at radius 2 is 2.00 bits per heavy atom. The fourth-order valence-corrected chi connectivity index (χ4v) is 1.28. The average Bonchev–Trinajstić information content (AvgIpc) is 2.17. The predicted octanol–water partition coefficient (Wildman–Crippen LogP) is 2.01. The van der Waals surface area contributed by atoms with Gasteiger partial charge in [0, 0.05) is 0 Å². The third-order valence-corrected chi connectivity index (χ3v) is 2.02. The van der Waals surface area contributed by atoms with Crippen molar-refractivity contribution in [2.45, 2.75) is 26.3 Å². The fraction of sp³-hybridized carbons (Fsp3) is 0.417. The second-order valence-electron chi connectivity index (χ2n) is 3.98. The number of hydrogen-bond acceptors (Lipinski definition) is 3. The highest BCUT2D eigenvalue weighted by Gasteiger charge is 2.25. The molecule has 0 atom stereocenters. The molecule has 0 fully saturated rings. The van der Waals surface area contributed by atoms with Crippen molar-refractivity contribution in [1.82, 2.24) is 0 Å². The van der Waals surface area contributed by atoms with Gasteiger partial charge in [0.15, 0.2) is 5.78 Å². The van der Waals surface area contributed by atoms with Crippen LogP contribution in [-0.2, 0) is 0 Å². The first kappa shape index (κ1) is 11.7. The van der Waals surface area contributed by atoms with Gasteiger partial charge in [-0.2, -0.15) is 0 Å². The number of ketones is 1. The van der Waals surface area contributed by atoms with E-state index in [0.29, 0.717) is 17.9 Å². The number of ether oxygens (including phenoxy) is 1. The van der Waals surface area contributed by atoms with E-state index >= 15 is 0 Å². The monoisotopic (exact) mass is 207 g/mol. The maximum Gasteiger partial charge on any atom is 0.185 e. The first-order valence-electron chi connectivity index (χ1n) is 5.02. The Balaban J connectivity index is 3.08. The van der Waals surface area contributed by atoms with Crippen LogP contribution in [0, 0.1) is 0 Å². The summed E-state index contributed by atoms with van der Waals surface area (Å²) in [7, 11) is 0. The molecule has 0 amide bonds. The minimum absolute atomic E-state index is 0.105. The Morgan fingerprint density at radius 1 is 1.40 bits per heavy atom. The molecule has 0 saturated carbocycles. The van der Waals surface area contributed by atoms with E-state index < -0.39 is 5.54 Å². The van der Waals surface area contributed by atoms with Gasteiger partial charge < -0.3 is 10.5 Å². The van der Waals surface area contributed by atoms with Gasteiger partial charge in [0.05, 0.1) is 17.7 Å². The van der Waals surface area contributed by atoms with Crippen molar-refractivity contribution in [2.75, 3.05) is 6.61 Å². The molecule has 0 aliphatic rings. The molecule has 1 aromatic rings. The minimum atomic E-state index is -0.868. The van der Waals surface area contributed by atoms with Crippen LogP contribution in [0.25, 0.3) is 0 Å². The van der Waals surface area contributed by atoms with Crippen LogP contribution >= 0.6 is 0 Å². The fourth-order valence-electron chi connectivity index (χ4n) is 1.28. The lowest BCUT2D eigenvalue weighted by atomic mass is 9.94. The zero-order valence-electron chi connectivity index (χ0n) is 9.41. The summed E-state index contributed by atoms with van der Waals surface area (Å²) in [5.41, 5.74) is 5.45. The van der Waals surface area contributed by atoms with Gasteiger partial charge in [0.25, 0.3) is 0 Å². The van der Waals surface area contributed by atoms with Crippen molar-refractivity contribution in [3.8, 4) is 5.75 Å². The molecular formula is C12H17NO2. The third kappa shape index (κ3) is 2.80. The van der Waals surface area contributed by atoms with Crippen LogP contribution in [-0.4, -0.2) is 17.9 Å². The topological polar surface area (TPSA) is 52.3 Å². The smallest absolute Gasteiger partial charge is 0.185 e. The molecule has 82 valence electrons. The molecule has 1 aromatic carbocycles. The maximum absolute atomic E-state index is 12.0. The molecular weight excluding hydrogens is 190 g/mol. The molecule has 0 spiro atoms. The van der Waals surface area contributed by atoms with Crippen molar-refractivity contribution in [2.24, 2.45) is 5.73 Å². The zero-order valence-corrected chi connectivity index (χ0v) is 9.41. The molecule has 0 aromatic heterocycles. The number of benzene rings is 1. The summed E-state index contributed by atoms with van der Waals surface area (Å²) in [5.74, 6) is 0.495. The number of carbonyl (C=O) groups is 1. The lowest BCUT2D eigenvalue weighted by molar-refractivity contribution is 0.0909. The summed E-state index contributed by atoms with van der Waals surface area (Å²) in [5, 5.41) is 0. The number of nitrogens with two attached hydrogens (primary N) is 1. The lowest BCUT2D eigenvalue weighted by Crippen LogP contribution is -2.41. The maximum atomic E-state index is 12.0. The van der Waals surface area contributed by atoms with E-state index in [9.17, 15) is 4.79 Å². The van der Waals surface area contributed by atoms with Gasteiger partial charge in [-0.25, -0.2) is 0 Å². The molecule has 3 heteroatoms. The summed E-state index contributed by atoms with van der Waals surface area (Å²) < 4.78 is 5.38. The number of rotatable bonds is 4. The van der Waals surface area contributed by atoms with Crippen molar-refractivity contribution in [3.05, 3.63) is 29.8 Å². The Hall–Kier alpha value is -1.35. The van der Waals surface area contributed by atoms with Crippen molar-refractivity contribution < 1.29 is 9.53 Å². The van der Waals surface area contributed by atoms with Gasteiger partial charge in [-0.1, -0.05) is 12.1 Å². The van der Waals surface area contributed by atoms with E-state index in [4.69, 9.17) is 10.5 Å². The summed E-state index contributed by atoms with van der Waals surface area (Å²) in [6.07, 6.45) is 0. The molecule has 0 saturated heterocycles. The minimum Gasteiger partial charge on any atom is -0.493 e. The number of hydrogen-bond donors (Lipinski definition) is 1. The second-order valence-corrected chi connectivity index (χ2v) is 3.98. The van der Waals surface area contributed by atoms with Gasteiger partial charge in [-0.15, -0.1) is 0 Å². The Bertz CT molecular complexity index is 353. The van der Waals surface area contributed by atoms with E-state index in [-0.39, 0.29) is 5.78 Å². The lowest BCUT2D eigenvalue weighted by Gasteiger charge is -2.18. The van der Waals surface area contributed by atoms with Crippen LogP contribution in [0.4, 0.5) is 0 Å². The van der Waals surface area contributed by atoms with E-state index in [1.54, 1.807) is 26.0 Å². The number of carbonyl (C=O) groups excluding carboxylic acids is 1. The van der Waals surface area contributed by atoms with Crippen molar-refractivity contribution >= 4 is 5.78 Å². The molecule has 0 unspecified atom stereocenters. The van der Waals surface area contributed by atoms with Crippen LogP contribution in [0.1, 0.15) is 31.1 Å². The van der Waals surface area contributed by atoms with Gasteiger partial charge in [-0.05, 0) is 32.9 Å². The Morgan fingerprint density at radius 3 is 2.53 bits per heavy atom. The van der Waals surface area contributed by atoms with Crippen molar-refractivity contribution in [1.29, 1.82) is 0 Å². The van der Waals surface area contributed by atoms with Crippen molar-refractivity contribution in [3.63, 3.8) is 0 Å². The molecule has 0 aliphatic heterocycles. The van der Waals surface area contributed by atoms with Crippen LogP contribution < -0.4 is 10.5 Å². The normalized spacial score (nSPS) is 11.2. The molecule has 3 nitrogen and oxygen atoms in total. The van der Waals surface area contributed by atoms with E-state index in [2.05, 4.69) is 0 Å². The largest absolute Gasteiger partial charge is 0.493 e. The highest BCUT2D eigenvalue weighted by molar-refractivity contribution is 6.04. The van der Waals surface area contributed by atoms with Gasteiger partial charge in [0.1, 0.15) is 5.75 Å². The summed E-state index contributed by atoms with van der Waals surface area (Å²) >= 11 is 0. The molecule has 0 bridgehead atoms. The zero-order chi connectivity index (χ0) is 11.5. The van der Waals surface area contributed by atoms with E-state index in [0.717, 1.165) is 0 Å². The summed E-state index contributed by atoms with van der Waals surface area (Å²) in [6.45, 7) is 5.81. The van der Waals surface area contributed by atoms with Crippen LogP contribution in [0.3, 0.4) is 0 Å². The molecule has 0 aliphatic carbocycles. The molecule has 0 radical (unpaired) electrons. The molecule has 2 N–H and O–H groups in total. The number of para-hydroxylation sites is 1. The Kier molecular flexibility index (Phi) is 3.48. The van der Waals surface area contributed by atoms with Crippen LogP contribution in [0.2, 0.25) is 0 Å². The summed E-state index contributed by atoms with van der Waals surface area (Å²) in [6, 6.07) is 7.16. The Labute approximate surface area is 90.2 Å². The van der Waals surface area contributed by atoms with Gasteiger partial charge >= 0.3 is 0 Å². The molecule has 15 heavy (non-hydrogen) atoms. The highest BCUT2D eigenvalue weighted by Crippen LogP contribution is 2.21. The third-order valence-electron chi connectivity index (χ3n) is 2.02.